The predicted octanol–water partition coefficient (Wildman–Crippen LogP) is 1.51. The molecule has 2 rings (SSSR count). The minimum absolute atomic E-state index is 0.483. The maximum Gasteiger partial charge on any atom is 0.0554 e. The summed E-state index contributed by atoms with van der Waals surface area (Å²) >= 11 is 0. The molecule has 0 atom stereocenters. The quantitative estimate of drug-likeness (QED) is 0.621. The van der Waals surface area contributed by atoms with E-state index < -0.39 is 0 Å². The molecule has 12 heavy (non-hydrogen) atoms. The summed E-state index contributed by atoms with van der Waals surface area (Å²) < 4.78 is 5.25. The van der Waals surface area contributed by atoms with Crippen LogP contribution in [0.15, 0.2) is 0 Å². The molecule has 0 aromatic rings. The number of hydrogen-bond acceptors (Lipinski definition) is 2. The topological polar surface area (TPSA) is 12.5 Å². The number of ether oxygens (including phenoxy) is 1. The molecule has 0 radical (unpaired) electrons. The van der Waals surface area contributed by atoms with Gasteiger partial charge in [0.2, 0.25) is 0 Å². The van der Waals surface area contributed by atoms with Crippen LogP contribution in [0.2, 0.25) is 0 Å². The smallest absolute Gasteiger partial charge is 0.0554 e. The fourth-order valence-electron chi connectivity index (χ4n) is 2.20. The van der Waals surface area contributed by atoms with Crippen LogP contribution in [0.5, 0.6) is 0 Å². The van der Waals surface area contributed by atoms with Gasteiger partial charge < -0.3 is 9.64 Å². The molecule has 0 N–H and O–H groups in total. The van der Waals surface area contributed by atoms with Crippen LogP contribution in [0.4, 0.5) is 0 Å². The van der Waals surface area contributed by atoms with E-state index in [1.54, 1.807) is 0 Å². The molecule has 2 fully saturated rings. The molecule has 0 spiro atoms. The first-order valence-electron chi connectivity index (χ1n) is 5.09. The fourth-order valence-corrected chi connectivity index (χ4v) is 2.20. The molecule has 0 aromatic heterocycles. The Morgan fingerprint density at radius 1 is 1.17 bits per heavy atom. The van der Waals surface area contributed by atoms with Crippen molar-refractivity contribution in [2.24, 2.45) is 5.41 Å². The van der Waals surface area contributed by atoms with Crippen LogP contribution in [0.25, 0.3) is 0 Å². The highest BCUT2D eigenvalue weighted by Gasteiger charge is 2.35. The van der Waals surface area contributed by atoms with Crippen LogP contribution in [-0.4, -0.2) is 37.7 Å². The highest BCUT2D eigenvalue weighted by atomic mass is 16.5. The third-order valence-corrected chi connectivity index (χ3v) is 2.96. The fraction of sp³-hybridized carbons (Fsp3) is 1.00. The Morgan fingerprint density at radius 3 is 2.33 bits per heavy atom. The van der Waals surface area contributed by atoms with E-state index in [1.807, 2.05) is 0 Å². The lowest BCUT2D eigenvalue weighted by Crippen LogP contribution is -2.49. The maximum atomic E-state index is 5.25. The van der Waals surface area contributed by atoms with Gasteiger partial charge in [0, 0.05) is 12.0 Å². The van der Waals surface area contributed by atoms with Gasteiger partial charge in [0.1, 0.15) is 0 Å². The van der Waals surface area contributed by atoms with Gasteiger partial charge in [0.25, 0.3) is 0 Å². The van der Waals surface area contributed by atoms with Crippen molar-refractivity contribution < 1.29 is 4.74 Å². The standard InChI is InChI=1S/C10H19NO/c1-10(8-12-9-10)7-11-5-3-2-4-6-11/h2-9H2,1H3. The number of piperidine rings is 1. The molecule has 2 aliphatic heterocycles. The first-order valence-corrected chi connectivity index (χ1v) is 5.09. The molecule has 2 saturated heterocycles. The summed E-state index contributed by atoms with van der Waals surface area (Å²) in [6.45, 7) is 8.18. The van der Waals surface area contributed by atoms with Crippen molar-refractivity contribution in [3.8, 4) is 0 Å². The summed E-state index contributed by atoms with van der Waals surface area (Å²) in [7, 11) is 0. The monoisotopic (exact) mass is 169 g/mol. The lowest BCUT2D eigenvalue weighted by Gasteiger charge is -2.42. The molecule has 2 nitrogen and oxygen atoms in total. The van der Waals surface area contributed by atoms with Crippen LogP contribution in [0, 0.1) is 5.41 Å². The Hall–Kier alpha value is -0.0800. The van der Waals surface area contributed by atoms with Crippen molar-refractivity contribution in [1.82, 2.24) is 4.90 Å². The Morgan fingerprint density at radius 2 is 1.83 bits per heavy atom. The molecule has 2 aliphatic rings. The number of rotatable bonds is 2. The molecule has 0 unspecified atom stereocenters. The zero-order valence-electron chi connectivity index (χ0n) is 8.01. The molecule has 0 aromatic carbocycles. The van der Waals surface area contributed by atoms with Crippen molar-refractivity contribution in [3.05, 3.63) is 0 Å². The largest absolute Gasteiger partial charge is 0.380 e. The van der Waals surface area contributed by atoms with Gasteiger partial charge >= 0.3 is 0 Å². The van der Waals surface area contributed by atoms with Gasteiger partial charge in [-0.25, -0.2) is 0 Å². The van der Waals surface area contributed by atoms with Crippen molar-refractivity contribution >= 4 is 0 Å². The minimum Gasteiger partial charge on any atom is -0.380 e. The van der Waals surface area contributed by atoms with Crippen molar-refractivity contribution in [2.45, 2.75) is 26.2 Å². The molecule has 2 heteroatoms. The summed E-state index contributed by atoms with van der Waals surface area (Å²) in [5.41, 5.74) is 0.483. The Bertz CT molecular complexity index is 148. The van der Waals surface area contributed by atoms with Crippen molar-refractivity contribution in [2.75, 3.05) is 32.8 Å². The van der Waals surface area contributed by atoms with Gasteiger partial charge in [-0.05, 0) is 25.9 Å². The maximum absolute atomic E-state index is 5.25. The average Bonchev–Trinajstić information content (AvgIpc) is 2.04. The summed E-state index contributed by atoms with van der Waals surface area (Å²) in [6.07, 6.45) is 4.23. The van der Waals surface area contributed by atoms with Gasteiger partial charge in [-0.3, -0.25) is 0 Å². The number of likely N-dealkylation sites (tertiary alicyclic amines) is 1. The first kappa shape index (κ1) is 8.52. The van der Waals surface area contributed by atoms with Gasteiger partial charge in [-0.1, -0.05) is 13.3 Å². The van der Waals surface area contributed by atoms with E-state index in [-0.39, 0.29) is 0 Å². The van der Waals surface area contributed by atoms with E-state index >= 15 is 0 Å². The molecule has 70 valence electrons. The van der Waals surface area contributed by atoms with Crippen molar-refractivity contribution in [1.29, 1.82) is 0 Å². The third kappa shape index (κ3) is 1.80. The molecule has 2 heterocycles. The van der Waals surface area contributed by atoms with E-state index in [4.69, 9.17) is 4.74 Å². The van der Waals surface area contributed by atoms with Gasteiger partial charge in [-0.2, -0.15) is 0 Å². The summed E-state index contributed by atoms with van der Waals surface area (Å²) in [4.78, 5) is 2.60. The van der Waals surface area contributed by atoms with E-state index in [1.165, 1.54) is 38.9 Å². The first-order chi connectivity index (χ1) is 5.79. The minimum atomic E-state index is 0.483. The number of nitrogens with zero attached hydrogens (tertiary/aromatic N) is 1. The lowest BCUT2D eigenvalue weighted by molar-refractivity contribution is -0.116. The van der Waals surface area contributed by atoms with Crippen LogP contribution in [0.3, 0.4) is 0 Å². The SMILES string of the molecule is CC1(CN2CCCCC2)COC1. The van der Waals surface area contributed by atoms with Crippen LogP contribution in [0.1, 0.15) is 26.2 Å². The van der Waals surface area contributed by atoms with Crippen LogP contribution >= 0.6 is 0 Å². The summed E-state index contributed by atoms with van der Waals surface area (Å²) in [5, 5.41) is 0. The van der Waals surface area contributed by atoms with Gasteiger partial charge in [-0.15, -0.1) is 0 Å². The zero-order valence-corrected chi connectivity index (χ0v) is 8.01. The Labute approximate surface area is 74.9 Å². The number of hydrogen-bond donors (Lipinski definition) is 0. The highest BCUT2D eigenvalue weighted by Crippen LogP contribution is 2.28. The van der Waals surface area contributed by atoms with E-state index in [0.29, 0.717) is 5.41 Å². The Kier molecular flexibility index (Phi) is 2.37. The van der Waals surface area contributed by atoms with Crippen LogP contribution in [-0.2, 0) is 4.74 Å². The average molecular weight is 169 g/mol. The third-order valence-electron chi connectivity index (χ3n) is 2.96. The second-order valence-corrected chi connectivity index (χ2v) is 4.64. The predicted molar refractivity (Wildman–Crippen MR) is 49.2 cm³/mol. The van der Waals surface area contributed by atoms with Gasteiger partial charge in [0.15, 0.2) is 0 Å². The molecule has 0 amide bonds. The van der Waals surface area contributed by atoms with Crippen molar-refractivity contribution in [3.63, 3.8) is 0 Å². The van der Waals surface area contributed by atoms with Crippen LogP contribution < -0.4 is 0 Å². The Balaban J connectivity index is 1.77. The lowest BCUT2D eigenvalue weighted by atomic mass is 9.87. The molecular weight excluding hydrogens is 150 g/mol. The molecule has 0 saturated carbocycles. The van der Waals surface area contributed by atoms with Gasteiger partial charge in [0.05, 0.1) is 13.2 Å². The molecule has 0 bridgehead atoms. The van der Waals surface area contributed by atoms with E-state index in [2.05, 4.69) is 11.8 Å². The molecular formula is C10H19NO. The summed E-state index contributed by atoms with van der Waals surface area (Å²) in [5.74, 6) is 0. The van der Waals surface area contributed by atoms with E-state index in [0.717, 1.165) is 13.2 Å². The summed E-state index contributed by atoms with van der Waals surface area (Å²) in [6, 6.07) is 0. The molecule has 0 aliphatic carbocycles. The second kappa shape index (κ2) is 3.35. The zero-order chi connectivity index (χ0) is 8.44. The second-order valence-electron chi connectivity index (χ2n) is 4.64. The van der Waals surface area contributed by atoms with E-state index in [9.17, 15) is 0 Å². The highest BCUT2D eigenvalue weighted by molar-refractivity contribution is 4.84. The normalized spacial score (nSPS) is 29.8.